The predicted octanol–water partition coefficient (Wildman–Crippen LogP) is 2.28. The van der Waals surface area contributed by atoms with Crippen LogP contribution in [0.1, 0.15) is 31.2 Å². The first-order valence-corrected chi connectivity index (χ1v) is 10.8. The summed E-state index contributed by atoms with van der Waals surface area (Å²) in [6, 6.07) is 7.81. The van der Waals surface area contributed by atoms with Gasteiger partial charge in [0.15, 0.2) is 0 Å². The molecule has 0 atom stereocenters. The highest BCUT2D eigenvalue weighted by Gasteiger charge is 2.30. The average molecular weight is 412 g/mol. The summed E-state index contributed by atoms with van der Waals surface area (Å²) in [6.45, 7) is 5.08. The molecule has 7 nitrogen and oxygen atoms in total. The van der Waals surface area contributed by atoms with E-state index < -0.39 is 10.9 Å². The number of ether oxygens (including phenoxy) is 1. The molecule has 4 rings (SSSR count). The van der Waals surface area contributed by atoms with E-state index in [-0.39, 0.29) is 11.8 Å². The van der Waals surface area contributed by atoms with Crippen LogP contribution in [-0.2, 0) is 9.53 Å². The summed E-state index contributed by atoms with van der Waals surface area (Å²) in [5, 5.41) is 6.29. The van der Waals surface area contributed by atoms with E-state index in [0.717, 1.165) is 36.9 Å². The molecule has 1 amide bonds. The number of aryl methyl sites for hydroxylation is 1. The third-order valence-corrected chi connectivity index (χ3v) is 6.40. The molecule has 0 radical (unpaired) electrons. The first-order valence-electron chi connectivity index (χ1n) is 10.8. The molecular weight excluding hydrogens is 382 g/mol. The number of nitrogens with one attached hydrogen (secondary N) is 2. The lowest BCUT2D eigenvalue weighted by atomic mass is 9.81. The van der Waals surface area contributed by atoms with Crippen LogP contribution in [0.3, 0.4) is 0 Å². The number of amides is 1. The van der Waals surface area contributed by atoms with Gasteiger partial charge in [-0.25, -0.2) is 0 Å². The molecule has 1 saturated carbocycles. The molecule has 1 aliphatic carbocycles. The van der Waals surface area contributed by atoms with Crippen molar-refractivity contribution in [1.82, 2.24) is 0 Å². The number of hydrogen-bond acceptors (Lipinski definition) is 6. The van der Waals surface area contributed by atoms with Crippen LogP contribution in [0.5, 0.6) is 0 Å². The Kier molecular flexibility index (Phi) is 6.18. The highest BCUT2D eigenvalue weighted by molar-refractivity contribution is 5.93. The zero-order chi connectivity index (χ0) is 21.1. The van der Waals surface area contributed by atoms with Gasteiger partial charge in [0.2, 0.25) is 5.91 Å². The van der Waals surface area contributed by atoms with Crippen molar-refractivity contribution in [3.63, 3.8) is 0 Å². The van der Waals surface area contributed by atoms with E-state index >= 15 is 0 Å². The first-order chi connectivity index (χ1) is 14.5. The maximum atomic E-state index is 12.6. The molecule has 1 saturated heterocycles. The number of carbonyl (C=O) groups excluding carboxylic acids is 1. The molecule has 0 bridgehead atoms. The topological polar surface area (TPSA) is 87.7 Å². The summed E-state index contributed by atoms with van der Waals surface area (Å²) >= 11 is 0. The van der Waals surface area contributed by atoms with Crippen LogP contribution < -0.4 is 26.4 Å². The van der Waals surface area contributed by atoms with Crippen LogP contribution in [0.2, 0.25) is 0 Å². The van der Waals surface area contributed by atoms with Gasteiger partial charge in [0.1, 0.15) is 11.4 Å². The fourth-order valence-corrected chi connectivity index (χ4v) is 4.46. The standard InChI is InChI=1S/C23H29N3O4/c1-15-4-2-3-5-18(15)25-23(29)17-8-6-16(7-9-17)14-24-19-20(22(28)21(19)27)26-10-12-30-13-11-26/h2-5,16-17,24H,6-14H2,1H3,(H,25,29). The largest absolute Gasteiger partial charge is 0.380 e. The zero-order valence-corrected chi connectivity index (χ0v) is 17.4. The minimum atomic E-state index is -0.414. The number of hydrogen-bond donors (Lipinski definition) is 2. The van der Waals surface area contributed by atoms with Crippen molar-refractivity contribution in [2.45, 2.75) is 32.6 Å². The van der Waals surface area contributed by atoms with Crippen LogP contribution in [-0.4, -0.2) is 38.8 Å². The molecule has 0 spiro atoms. The molecule has 1 aliphatic heterocycles. The van der Waals surface area contributed by atoms with Crippen LogP contribution >= 0.6 is 0 Å². The van der Waals surface area contributed by atoms with Gasteiger partial charge in [-0.15, -0.1) is 0 Å². The normalized spacial score (nSPS) is 22.1. The van der Waals surface area contributed by atoms with Crippen molar-refractivity contribution in [3.05, 3.63) is 50.3 Å². The molecule has 160 valence electrons. The summed E-state index contributed by atoms with van der Waals surface area (Å²) in [5.74, 6) is 0.512. The Bertz CT molecular complexity index is 965. The fraction of sp³-hybridized carbons (Fsp3) is 0.522. The van der Waals surface area contributed by atoms with Gasteiger partial charge in [0.05, 0.1) is 13.2 Å². The van der Waals surface area contributed by atoms with Crippen molar-refractivity contribution in [1.29, 1.82) is 0 Å². The van der Waals surface area contributed by atoms with Crippen LogP contribution in [0.15, 0.2) is 33.9 Å². The lowest BCUT2D eigenvalue weighted by molar-refractivity contribution is -0.121. The minimum absolute atomic E-state index is 0.0240. The quantitative estimate of drug-likeness (QED) is 0.709. The van der Waals surface area contributed by atoms with E-state index in [2.05, 4.69) is 10.6 Å². The molecule has 0 aromatic heterocycles. The van der Waals surface area contributed by atoms with Crippen molar-refractivity contribution >= 4 is 23.0 Å². The SMILES string of the molecule is Cc1ccccc1NC(=O)C1CCC(CNc2c(N3CCOCC3)c(=O)c2=O)CC1. The molecule has 2 fully saturated rings. The van der Waals surface area contributed by atoms with Crippen molar-refractivity contribution < 1.29 is 9.53 Å². The number of rotatable bonds is 6. The number of morpholine rings is 1. The monoisotopic (exact) mass is 411 g/mol. The van der Waals surface area contributed by atoms with E-state index in [1.165, 1.54) is 0 Å². The van der Waals surface area contributed by atoms with Gasteiger partial charge >= 0.3 is 0 Å². The summed E-state index contributed by atoms with van der Waals surface area (Å²) in [5.41, 5.74) is 2.12. The molecule has 2 aliphatic rings. The van der Waals surface area contributed by atoms with E-state index in [9.17, 15) is 14.4 Å². The van der Waals surface area contributed by atoms with Gasteiger partial charge in [-0.3, -0.25) is 14.4 Å². The highest BCUT2D eigenvalue weighted by Crippen LogP contribution is 2.31. The number of nitrogens with zero attached hydrogens (tertiary/aromatic N) is 1. The van der Waals surface area contributed by atoms with Gasteiger partial charge in [0, 0.05) is 31.2 Å². The van der Waals surface area contributed by atoms with Gasteiger partial charge in [0.25, 0.3) is 10.9 Å². The third kappa shape index (κ3) is 4.26. The second-order valence-electron chi connectivity index (χ2n) is 8.38. The predicted molar refractivity (Wildman–Crippen MR) is 118 cm³/mol. The Morgan fingerprint density at radius 2 is 1.77 bits per heavy atom. The van der Waals surface area contributed by atoms with E-state index in [1.54, 1.807) is 0 Å². The number of para-hydroxylation sites is 1. The molecule has 7 heteroatoms. The highest BCUT2D eigenvalue weighted by atomic mass is 16.5. The summed E-state index contributed by atoms with van der Waals surface area (Å²) in [4.78, 5) is 38.6. The first kappa shape index (κ1) is 20.6. The van der Waals surface area contributed by atoms with Crippen molar-refractivity contribution in [2.24, 2.45) is 11.8 Å². The van der Waals surface area contributed by atoms with Gasteiger partial charge in [-0.2, -0.15) is 0 Å². The van der Waals surface area contributed by atoms with Crippen molar-refractivity contribution in [2.75, 3.05) is 48.4 Å². The molecule has 2 N–H and O–H groups in total. The van der Waals surface area contributed by atoms with E-state index in [0.29, 0.717) is 50.1 Å². The Labute approximate surface area is 176 Å². The smallest absolute Gasteiger partial charge is 0.253 e. The van der Waals surface area contributed by atoms with Crippen LogP contribution in [0.25, 0.3) is 0 Å². The molecule has 0 unspecified atom stereocenters. The van der Waals surface area contributed by atoms with E-state index in [1.807, 2.05) is 36.1 Å². The summed E-state index contributed by atoms with van der Waals surface area (Å²) < 4.78 is 5.33. The summed E-state index contributed by atoms with van der Waals surface area (Å²) in [6.07, 6.45) is 3.54. The fourth-order valence-electron chi connectivity index (χ4n) is 4.46. The Morgan fingerprint density at radius 3 is 2.47 bits per heavy atom. The second-order valence-corrected chi connectivity index (χ2v) is 8.38. The molecule has 2 aromatic carbocycles. The zero-order valence-electron chi connectivity index (χ0n) is 17.4. The maximum absolute atomic E-state index is 12.6. The molecule has 1 heterocycles. The van der Waals surface area contributed by atoms with Crippen molar-refractivity contribution in [3.8, 4) is 0 Å². The molecular formula is C23H29N3O4. The van der Waals surface area contributed by atoms with Crippen LogP contribution in [0.4, 0.5) is 17.1 Å². The van der Waals surface area contributed by atoms with Gasteiger partial charge in [-0.1, -0.05) is 18.2 Å². The number of carbonyl (C=O) groups is 1. The Hall–Kier alpha value is -2.67. The van der Waals surface area contributed by atoms with Gasteiger partial charge in [-0.05, 0) is 50.2 Å². The summed E-state index contributed by atoms with van der Waals surface area (Å²) in [7, 11) is 0. The third-order valence-electron chi connectivity index (χ3n) is 6.40. The minimum Gasteiger partial charge on any atom is -0.380 e. The second kappa shape index (κ2) is 9.00. The lowest BCUT2D eigenvalue weighted by Gasteiger charge is -2.32. The maximum Gasteiger partial charge on any atom is 0.253 e. The Morgan fingerprint density at radius 1 is 1.07 bits per heavy atom. The molecule has 30 heavy (non-hydrogen) atoms. The Balaban J connectivity index is 1.27. The lowest BCUT2D eigenvalue weighted by Crippen LogP contribution is -2.47. The van der Waals surface area contributed by atoms with Gasteiger partial charge < -0.3 is 20.3 Å². The van der Waals surface area contributed by atoms with Crippen LogP contribution in [0, 0.1) is 18.8 Å². The number of benzene rings is 1. The number of anilines is 3. The van der Waals surface area contributed by atoms with E-state index in [4.69, 9.17) is 4.74 Å². The molecule has 2 aromatic rings. The average Bonchev–Trinajstić information content (AvgIpc) is 2.78.